The Morgan fingerprint density at radius 3 is 1.55 bits per heavy atom. The molecular formula is C47H85O12P. The molecule has 0 bridgehead atoms. The van der Waals surface area contributed by atoms with Crippen LogP contribution in [0.2, 0.25) is 0 Å². The van der Waals surface area contributed by atoms with Gasteiger partial charge in [0.15, 0.2) is 6.10 Å². The molecule has 0 aromatic heterocycles. The van der Waals surface area contributed by atoms with Crippen molar-refractivity contribution in [1.82, 2.24) is 0 Å². The maximum Gasteiger partial charge on any atom is 0.472 e. The third kappa shape index (κ3) is 40.0. The number of phosphoric acid groups is 1. The number of unbranched alkanes of at least 4 members (excludes halogenated alkanes) is 14. The van der Waals surface area contributed by atoms with Crippen LogP contribution < -0.4 is 0 Å². The molecule has 0 fully saturated rings. The van der Waals surface area contributed by atoms with Crippen LogP contribution in [0.4, 0.5) is 0 Å². The van der Waals surface area contributed by atoms with Gasteiger partial charge in [-0.25, -0.2) is 4.57 Å². The summed E-state index contributed by atoms with van der Waals surface area (Å²) in [5.41, 5.74) is 0. The van der Waals surface area contributed by atoms with Crippen LogP contribution in [0.3, 0.4) is 0 Å². The number of allylic oxidation sites excluding steroid dienone is 7. The molecule has 0 radical (unpaired) electrons. The molecule has 0 aliphatic carbocycles. The second-order valence-electron chi connectivity index (χ2n) is 16.2. The number of hydrogen-bond donors (Lipinski definition) is 5. The van der Waals surface area contributed by atoms with Gasteiger partial charge in [-0.2, -0.15) is 0 Å². The summed E-state index contributed by atoms with van der Waals surface area (Å²) >= 11 is 0. The fourth-order valence-electron chi connectivity index (χ4n) is 6.21. The van der Waals surface area contributed by atoms with Crippen molar-refractivity contribution in [2.24, 2.45) is 5.92 Å². The second-order valence-corrected chi connectivity index (χ2v) is 17.6. The molecule has 5 N–H and O–H groups in total. The molecule has 0 heterocycles. The topological polar surface area (TPSA) is 189 Å². The molecule has 12 nitrogen and oxygen atoms in total. The average Bonchev–Trinajstić information content (AvgIpc) is 3.22. The number of esters is 2. The second kappa shape index (κ2) is 40.9. The molecule has 0 aliphatic rings. The first-order chi connectivity index (χ1) is 28.9. The monoisotopic (exact) mass is 873 g/mol. The lowest BCUT2D eigenvalue weighted by Crippen LogP contribution is -2.30. The van der Waals surface area contributed by atoms with Crippen LogP contribution in [0.5, 0.6) is 0 Å². The van der Waals surface area contributed by atoms with Crippen molar-refractivity contribution in [2.75, 3.05) is 26.4 Å². The summed E-state index contributed by atoms with van der Waals surface area (Å²) in [6, 6.07) is 0. The van der Waals surface area contributed by atoms with E-state index in [1.54, 1.807) is 0 Å². The van der Waals surface area contributed by atoms with Crippen LogP contribution in [0, 0.1) is 5.92 Å². The van der Waals surface area contributed by atoms with Crippen molar-refractivity contribution >= 4 is 19.8 Å². The Morgan fingerprint density at radius 2 is 1.03 bits per heavy atom. The predicted molar refractivity (Wildman–Crippen MR) is 240 cm³/mol. The lowest BCUT2D eigenvalue weighted by Gasteiger charge is -2.20. The van der Waals surface area contributed by atoms with E-state index in [0.29, 0.717) is 12.8 Å². The van der Waals surface area contributed by atoms with Gasteiger partial charge in [0.25, 0.3) is 0 Å². The van der Waals surface area contributed by atoms with E-state index in [9.17, 15) is 34.4 Å². The number of carbonyl (C=O) groups excluding carboxylic acids is 2. The van der Waals surface area contributed by atoms with Gasteiger partial charge in [0.05, 0.1) is 32.0 Å². The molecule has 1 unspecified atom stereocenters. The summed E-state index contributed by atoms with van der Waals surface area (Å²) in [7, 11) is -4.69. The Morgan fingerprint density at radius 1 is 0.567 bits per heavy atom. The Balaban J connectivity index is 4.47. The van der Waals surface area contributed by atoms with Gasteiger partial charge >= 0.3 is 19.8 Å². The molecule has 5 atom stereocenters. The summed E-state index contributed by atoms with van der Waals surface area (Å²) in [5, 5.41) is 39.0. The van der Waals surface area contributed by atoms with Crippen LogP contribution in [-0.2, 0) is 32.7 Å². The summed E-state index contributed by atoms with van der Waals surface area (Å²) in [6.45, 7) is 4.28. The summed E-state index contributed by atoms with van der Waals surface area (Å²) in [4.78, 5) is 35.1. The molecule has 60 heavy (non-hydrogen) atoms. The molecule has 0 aliphatic heterocycles. The highest BCUT2D eigenvalue weighted by atomic mass is 31.2. The summed E-state index contributed by atoms with van der Waals surface area (Å²) < 4.78 is 32.6. The highest BCUT2D eigenvalue weighted by Crippen LogP contribution is 2.43. The van der Waals surface area contributed by atoms with Gasteiger partial charge in [-0.05, 0) is 57.3 Å². The zero-order chi connectivity index (χ0) is 44.5. The minimum absolute atomic E-state index is 0.0747. The SMILES string of the molecule is CC/C=C\C/C=C\C/C=C\C/C=C\C[C@H](O)[C@@H](O)CCCC(=O)OC[C@H](COP(=O)(O)OC[C@@H](O)CO)OC(=O)CCCCCCCCCCCCCCCCCC(C)C. The van der Waals surface area contributed by atoms with Gasteiger partial charge in [0.1, 0.15) is 12.7 Å². The summed E-state index contributed by atoms with van der Waals surface area (Å²) in [6.07, 6.45) is 35.4. The van der Waals surface area contributed by atoms with Gasteiger partial charge in [0.2, 0.25) is 0 Å². The average molecular weight is 873 g/mol. The van der Waals surface area contributed by atoms with Crippen molar-refractivity contribution in [2.45, 2.75) is 206 Å². The highest BCUT2D eigenvalue weighted by molar-refractivity contribution is 7.47. The van der Waals surface area contributed by atoms with Crippen molar-refractivity contribution in [3.05, 3.63) is 48.6 Å². The maximum absolute atomic E-state index is 12.7. The number of phosphoric ester groups is 1. The molecular weight excluding hydrogens is 787 g/mol. The van der Waals surface area contributed by atoms with Gasteiger partial charge in [-0.15, -0.1) is 0 Å². The van der Waals surface area contributed by atoms with E-state index in [1.165, 1.54) is 77.0 Å². The van der Waals surface area contributed by atoms with Gasteiger partial charge in [0, 0.05) is 12.8 Å². The molecule has 350 valence electrons. The quantitative estimate of drug-likeness (QED) is 0.0169. The van der Waals surface area contributed by atoms with Crippen LogP contribution >= 0.6 is 7.82 Å². The fraction of sp³-hybridized carbons (Fsp3) is 0.787. The van der Waals surface area contributed by atoms with Gasteiger partial charge in [-0.3, -0.25) is 18.6 Å². The van der Waals surface area contributed by atoms with E-state index in [4.69, 9.17) is 19.1 Å². The number of rotatable bonds is 42. The van der Waals surface area contributed by atoms with Crippen LogP contribution in [0.1, 0.15) is 181 Å². The fourth-order valence-corrected chi connectivity index (χ4v) is 7.00. The Bertz CT molecular complexity index is 1190. The Labute approximate surface area is 363 Å². The minimum Gasteiger partial charge on any atom is -0.462 e. The van der Waals surface area contributed by atoms with Crippen LogP contribution in [-0.4, -0.2) is 88.1 Å². The van der Waals surface area contributed by atoms with Crippen molar-refractivity contribution in [3.63, 3.8) is 0 Å². The number of ether oxygens (including phenoxy) is 2. The van der Waals surface area contributed by atoms with Crippen LogP contribution in [0.15, 0.2) is 48.6 Å². The first-order valence-electron chi connectivity index (χ1n) is 23.1. The highest BCUT2D eigenvalue weighted by Gasteiger charge is 2.27. The Hall–Kier alpha value is -2.15. The van der Waals surface area contributed by atoms with Gasteiger partial charge < -0.3 is 34.8 Å². The maximum atomic E-state index is 12.7. The normalized spacial score (nSPS) is 15.3. The molecule has 0 spiro atoms. The van der Waals surface area contributed by atoms with E-state index in [-0.39, 0.29) is 32.1 Å². The number of carbonyl (C=O) groups is 2. The van der Waals surface area contributed by atoms with E-state index in [2.05, 4.69) is 55.7 Å². The molecule has 0 amide bonds. The zero-order valence-corrected chi connectivity index (χ0v) is 38.4. The minimum atomic E-state index is -4.69. The van der Waals surface area contributed by atoms with E-state index < -0.39 is 70.6 Å². The lowest BCUT2D eigenvalue weighted by atomic mass is 10.0. The first-order valence-corrected chi connectivity index (χ1v) is 24.6. The molecule has 13 heteroatoms. The number of aliphatic hydroxyl groups excluding tert-OH is 4. The van der Waals surface area contributed by atoms with E-state index in [1.807, 2.05) is 18.2 Å². The lowest BCUT2D eigenvalue weighted by molar-refractivity contribution is -0.161. The first kappa shape index (κ1) is 57.9. The number of hydrogen-bond acceptors (Lipinski definition) is 11. The molecule has 0 aromatic rings. The van der Waals surface area contributed by atoms with Crippen molar-refractivity contribution in [3.8, 4) is 0 Å². The van der Waals surface area contributed by atoms with Crippen LogP contribution in [0.25, 0.3) is 0 Å². The smallest absolute Gasteiger partial charge is 0.462 e. The van der Waals surface area contributed by atoms with Gasteiger partial charge in [-0.1, -0.05) is 166 Å². The standard InChI is InChI=1S/C47H85O12P/c1-4-5-6-7-8-9-10-17-20-23-26-29-33-44(50)45(51)34-31-36-46(52)56-39-43(40-58-60(54,55)57-38-42(49)37-48)59-47(53)35-30-27-24-21-18-15-13-11-12-14-16-19-22-25-28-32-41(2)3/h5-6,8-9,17,20,26,29,41-45,48-51H,4,7,10-16,18-19,21-25,27-28,30-40H2,1-3H3,(H,54,55)/b6-5-,9-8-,20-17-,29-26-/t42-,43+,44-,45-/m0/s1. The molecule has 0 saturated heterocycles. The molecule has 0 rings (SSSR count). The molecule has 0 aromatic carbocycles. The third-order valence-electron chi connectivity index (χ3n) is 9.88. The molecule has 0 saturated carbocycles. The van der Waals surface area contributed by atoms with E-state index in [0.717, 1.165) is 44.4 Å². The van der Waals surface area contributed by atoms with E-state index >= 15 is 0 Å². The predicted octanol–water partition coefficient (Wildman–Crippen LogP) is 10.3. The van der Waals surface area contributed by atoms with Crippen molar-refractivity contribution < 1.29 is 58.0 Å². The largest absolute Gasteiger partial charge is 0.472 e. The third-order valence-corrected chi connectivity index (χ3v) is 10.8. The Kier molecular flexibility index (Phi) is 39.4. The summed E-state index contributed by atoms with van der Waals surface area (Å²) in [5.74, 6) is -0.394. The van der Waals surface area contributed by atoms with Crippen molar-refractivity contribution in [1.29, 1.82) is 0 Å². The zero-order valence-electron chi connectivity index (χ0n) is 37.6. The number of aliphatic hydroxyl groups is 4.